The van der Waals surface area contributed by atoms with Gasteiger partial charge in [-0.15, -0.1) is 0 Å². The number of benzene rings is 2. The van der Waals surface area contributed by atoms with Gasteiger partial charge in [0.15, 0.2) is 0 Å². The summed E-state index contributed by atoms with van der Waals surface area (Å²) in [6.45, 7) is 8.08. The van der Waals surface area contributed by atoms with Crippen molar-refractivity contribution in [1.29, 1.82) is 0 Å². The first-order valence-corrected chi connectivity index (χ1v) is 11.2. The molecule has 2 aromatic carbocycles. The van der Waals surface area contributed by atoms with Crippen LogP contribution in [0.1, 0.15) is 37.8 Å². The second kappa shape index (κ2) is 8.75. The largest absolute Gasteiger partial charge is 0.494 e. The first-order chi connectivity index (χ1) is 14.9. The van der Waals surface area contributed by atoms with E-state index < -0.39 is 0 Å². The number of amides is 2. The number of ether oxygens (including phenoxy) is 1. The van der Waals surface area contributed by atoms with E-state index >= 15 is 0 Å². The first kappa shape index (κ1) is 21.4. The predicted octanol–water partition coefficient (Wildman–Crippen LogP) is 5.06. The second-order valence-electron chi connectivity index (χ2n) is 8.25. The molecule has 0 spiro atoms. The number of aryl methyl sites for hydroxylation is 1. The van der Waals surface area contributed by atoms with Crippen LogP contribution in [0.5, 0.6) is 5.75 Å². The fraction of sp³-hybridized carbons (Fsp3) is 0.360. The van der Waals surface area contributed by atoms with Crippen LogP contribution < -0.4 is 9.64 Å². The van der Waals surface area contributed by atoms with Crippen LogP contribution in [0.4, 0.5) is 5.69 Å². The number of carbonyl (C=O) groups excluding carboxylic acids is 2. The molecule has 2 aromatic rings. The lowest BCUT2D eigenvalue weighted by Crippen LogP contribution is -2.39. The molecular weight excluding hydrogens is 412 g/mol. The van der Waals surface area contributed by atoms with Crippen LogP contribution in [0.15, 0.2) is 48.2 Å². The molecule has 1 unspecified atom stereocenters. The van der Waals surface area contributed by atoms with E-state index in [1.807, 2.05) is 38.1 Å². The topological polar surface area (TPSA) is 49.9 Å². The van der Waals surface area contributed by atoms with Gasteiger partial charge in [-0.25, -0.2) is 4.90 Å². The number of hydrogen-bond donors (Lipinski definition) is 0. The number of rotatable bonds is 5. The summed E-state index contributed by atoms with van der Waals surface area (Å²) < 4.78 is 5.54. The van der Waals surface area contributed by atoms with Crippen LogP contribution in [0.2, 0.25) is 5.02 Å². The van der Waals surface area contributed by atoms with E-state index in [2.05, 4.69) is 11.8 Å². The Hall–Kier alpha value is -2.79. The van der Waals surface area contributed by atoms with Crippen molar-refractivity contribution >= 4 is 34.7 Å². The van der Waals surface area contributed by atoms with Crippen molar-refractivity contribution < 1.29 is 14.3 Å². The summed E-state index contributed by atoms with van der Waals surface area (Å²) in [5.41, 5.74) is 3.03. The fourth-order valence-corrected chi connectivity index (χ4v) is 4.66. The fourth-order valence-electron chi connectivity index (χ4n) is 4.44. The third-order valence-corrected chi connectivity index (χ3v) is 6.12. The molecule has 0 aliphatic carbocycles. The highest BCUT2D eigenvalue weighted by Gasteiger charge is 2.43. The zero-order chi connectivity index (χ0) is 22.1. The molecule has 31 heavy (non-hydrogen) atoms. The Morgan fingerprint density at radius 1 is 1.10 bits per heavy atom. The summed E-state index contributed by atoms with van der Waals surface area (Å²) >= 11 is 6.11. The molecule has 5 nitrogen and oxygen atoms in total. The third kappa shape index (κ3) is 4.07. The van der Waals surface area contributed by atoms with Gasteiger partial charge in [0.05, 0.1) is 17.9 Å². The monoisotopic (exact) mass is 438 g/mol. The van der Waals surface area contributed by atoms with Gasteiger partial charge in [-0.1, -0.05) is 30.7 Å². The van der Waals surface area contributed by atoms with Gasteiger partial charge in [0.1, 0.15) is 11.4 Å². The molecule has 2 aliphatic heterocycles. The number of likely N-dealkylation sites (tertiary alicyclic amines) is 1. The number of anilines is 1. The lowest BCUT2D eigenvalue weighted by atomic mass is 9.97. The van der Waals surface area contributed by atoms with Crippen molar-refractivity contribution in [1.82, 2.24) is 4.90 Å². The number of piperidine rings is 1. The molecule has 0 radical (unpaired) electrons. The average molecular weight is 439 g/mol. The van der Waals surface area contributed by atoms with Crippen molar-refractivity contribution in [2.45, 2.75) is 33.6 Å². The molecular formula is C25H27ClN2O3. The van der Waals surface area contributed by atoms with E-state index in [1.165, 1.54) is 4.90 Å². The van der Waals surface area contributed by atoms with Crippen LogP contribution in [0.25, 0.3) is 5.57 Å². The molecule has 2 heterocycles. The summed E-state index contributed by atoms with van der Waals surface area (Å²) in [4.78, 5) is 30.7. The molecule has 1 atom stereocenters. The van der Waals surface area contributed by atoms with Crippen LogP contribution in [0, 0.1) is 12.8 Å². The van der Waals surface area contributed by atoms with Crippen molar-refractivity contribution in [3.05, 3.63) is 64.3 Å². The van der Waals surface area contributed by atoms with E-state index in [-0.39, 0.29) is 11.8 Å². The highest BCUT2D eigenvalue weighted by molar-refractivity contribution is 6.45. The smallest absolute Gasteiger partial charge is 0.282 e. The number of imide groups is 1. The minimum absolute atomic E-state index is 0.270. The molecule has 1 fully saturated rings. The zero-order valence-electron chi connectivity index (χ0n) is 18.2. The summed E-state index contributed by atoms with van der Waals surface area (Å²) in [6.07, 6.45) is 2.13. The zero-order valence-corrected chi connectivity index (χ0v) is 18.9. The van der Waals surface area contributed by atoms with Crippen molar-refractivity contribution in [2.24, 2.45) is 5.92 Å². The van der Waals surface area contributed by atoms with Crippen LogP contribution in [-0.4, -0.2) is 36.4 Å². The molecule has 162 valence electrons. The molecule has 2 aliphatic rings. The Balaban J connectivity index is 1.81. The van der Waals surface area contributed by atoms with Gasteiger partial charge in [-0.2, -0.15) is 0 Å². The second-order valence-corrected chi connectivity index (χ2v) is 8.69. The quantitative estimate of drug-likeness (QED) is 0.612. The molecule has 4 rings (SSSR count). The van der Waals surface area contributed by atoms with Gasteiger partial charge in [0.25, 0.3) is 11.8 Å². The maximum Gasteiger partial charge on any atom is 0.282 e. The average Bonchev–Trinajstić information content (AvgIpc) is 2.99. The van der Waals surface area contributed by atoms with Crippen LogP contribution >= 0.6 is 11.6 Å². The van der Waals surface area contributed by atoms with E-state index in [0.717, 1.165) is 42.8 Å². The lowest BCUT2D eigenvalue weighted by molar-refractivity contribution is -0.120. The molecule has 0 bridgehead atoms. The summed E-state index contributed by atoms with van der Waals surface area (Å²) in [5, 5.41) is 0.574. The van der Waals surface area contributed by atoms with Crippen molar-refractivity contribution in [3.63, 3.8) is 0 Å². The number of halogens is 1. The van der Waals surface area contributed by atoms with Crippen LogP contribution in [-0.2, 0) is 9.59 Å². The van der Waals surface area contributed by atoms with Crippen molar-refractivity contribution in [2.75, 3.05) is 24.6 Å². The Kier molecular flexibility index (Phi) is 6.05. The van der Waals surface area contributed by atoms with Crippen molar-refractivity contribution in [3.8, 4) is 5.75 Å². The van der Waals surface area contributed by atoms with Gasteiger partial charge in [0.2, 0.25) is 0 Å². The van der Waals surface area contributed by atoms with E-state index in [0.29, 0.717) is 34.5 Å². The highest BCUT2D eigenvalue weighted by Crippen LogP contribution is 2.38. The standard InChI is InChI=1S/C25H27ClN2O3/c1-4-31-20-10-7-18(8-11-20)22-23(27-13-5-6-16(2)15-27)25(30)28(24(22)29)21-12-9-19(26)14-17(21)3/h7-12,14,16H,4-6,13,15H2,1-3H3. The maximum absolute atomic E-state index is 13.7. The lowest BCUT2D eigenvalue weighted by Gasteiger charge is -2.33. The Labute approximate surface area is 188 Å². The van der Waals surface area contributed by atoms with Crippen LogP contribution in [0.3, 0.4) is 0 Å². The van der Waals surface area contributed by atoms with E-state index in [1.54, 1.807) is 18.2 Å². The molecule has 1 saturated heterocycles. The minimum Gasteiger partial charge on any atom is -0.494 e. The van der Waals surface area contributed by atoms with E-state index in [4.69, 9.17) is 16.3 Å². The summed E-state index contributed by atoms with van der Waals surface area (Å²) in [5.74, 6) is 0.639. The number of carbonyl (C=O) groups is 2. The molecule has 6 heteroatoms. The first-order valence-electron chi connectivity index (χ1n) is 10.8. The maximum atomic E-state index is 13.7. The Morgan fingerprint density at radius 2 is 1.84 bits per heavy atom. The normalized spacial score (nSPS) is 19.4. The summed E-state index contributed by atoms with van der Waals surface area (Å²) in [6, 6.07) is 12.6. The Bertz CT molecular complexity index is 1050. The molecule has 0 saturated carbocycles. The number of nitrogens with zero attached hydrogens (tertiary/aromatic N) is 2. The van der Waals surface area contributed by atoms with Gasteiger partial charge in [0, 0.05) is 18.1 Å². The molecule has 2 amide bonds. The highest BCUT2D eigenvalue weighted by atomic mass is 35.5. The van der Waals surface area contributed by atoms with Gasteiger partial charge in [-0.3, -0.25) is 9.59 Å². The van der Waals surface area contributed by atoms with Gasteiger partial charge < -0.3 is 9.64 Å². The SMILES string of the molecule is CCOc1ccc(C2=C(N3CCCC(C)C3)C(=O)N(c3ccc(Cl)cc3C)C2=O)cc1. The molecule has 0 N–H and O–H groups in total. The van der Waals surface area contributed by atoms with Gasteiger partial charge >= 0.3 is 0 Å². The predicted molar refractivity (Wildman–Crippen MR) is 123 cm³/mol. The third-order valence-electron chi connectivity index (χ3n) is 5.89. The summed E-state index contributed by atoms with van der Waals surface area (Å²) in [7, 11) is 0. The molecule has 0 aromatic heterocycles. The van der Waals surface area contributed by atoms with Gasteiger partial charge in [-0.05, 0) is 74.1 Å². The van der Waals surface area contributed by atoms with E-state index in [9.17, 15) is 9.59 Å². The number of hydrogen-bond acceptors (Lipinski definition) is 4. The Morgan fingerprint density at radius 3 is 2.48 bits per heavy atom. The minimum atomic E-state index is -0.298.